The number of carbonyl (C=O) groups excluding carboxylic acids is 1. The zero-order valence-corrected chi connectivity index (χ0v) is 11.8. The van der Waals surface area contributed by atoms with Crippen LogP contribution in [0.3, 0.4) is 0 Å². The minimum atomic E-state index is 0.568. The van der Waals surface area contributed by atoms with Gasteiger partial charge in [0, 0.05) is 31.0 Å². The Hall–Kier alpha value is -2.82. The largest absolute Gasteiger partial charge is 0.436 e. The average molecular weight is 281 g/mol. The quantitative estimate of drug-likeness (QED) is 0.746. The van der Waals surface area contributed by atoms with Crippen molar-refractivity contribution in [3.63, 3.8) is 0 Å². The van der Waals surface area contributed by atoms with Gasteiger partial charge >= 0.3 is 0 Å². The minimum Gasteiger partial charge on any atom is -0.436 e. The Kier molecular flexibility index (Phi) is 3.31. The molecule has 106 valence electrons. The Bertz CT molecular complexity index is 776. The molecule has 0 aliphatic heterocycles. The first-order valence-electron chi connectivity index (χ1n) is 6.56. The molecular formula is C16H15N3O2. The number of amides is 1. The predicted octanol–water partition coefficient (Wildman–Crippen LogP) is 3.13. The molecule has 0 spiro atoms. The molecule has 21 heavy (non-hydrogen) atoms. The molecule has 1 amide bonds. The Balaban J connectivity index is 1.98. The molecule has 0 saturated carbocycles. The van der Waals surface area contributed by atoms with E-state index in [0.717, 1.165) is 11.3 Å². The molecule has 5 nitrogen and oxygen atoms in total. The number of carbonyl (C=O) groups is 1. The minimum absolute atomic E-state index is 0.568. The third-order valence-corrected chi connectivity index (χ3v) is 3.24. The van der Waals surface area contributed by atoms with Gasteiger partial charge in [-0.05, 0) is 42.5 Å². The van der Waals surface area contributed by atoms with E-state index < -0.39 is 0 Å². The third kappa shape index (κ3) is 2.58. The van der Waals surface area contributed by atoms with Gasteiger partial charge in [-0.25, -0.2) is 4.98 Å². The van der Waals surface area contributed by atoms with Crippen LogP contribution in [0.5, 0.6) is 0 Å². The molecule has 5 heteroatoms. The molecule has 1 heterocycles. The van der Waals surface area contributed by atoms with Crippen LogP contribution in [0.4, 0.5) is 11.4 Å². The van der Waals surface area contributed by atoms with Crippen molar-refractivity contribution in [3.8, 4) is 11.5 Å². The molecular weight excluding hydrogens is 266 g/mol. The number of fused-ring (bicyclic) bond motifs is 1. The lowest BCUT2D eigenvalue weighted by Gasteiger charge is -2.11. The summed E-state index contributed by atoms with van der Waals surface area (Å²) < 4.78 is 5.75. The summed E-state index contributed by atoms with van der Waals surface area (Å²) in [6, 6.07) is 13.3. The summed E-state index contributed by atoms with van der Waals surface area (Å²) in [5.41, 5.74) is 4.14. The number of nitrogens with one attached hydrogen (secondary N) is 1. The normalized spacial score (nSPS) is 10.6. The van der Waals surface area contributed by atoms with E-state index >= 15 is 0 Å². The van der Waals surface area contributed by atoms with E-state index in [2.05, 4.69) is 10.3 Å². The first-order valence-corrected chi connectivity index (χ1v) is 6.56. The maximum absolute atomic E-state index is 10.5. The van der Waals surface area contributed by atoms with Crippen LogP contribution in [0.1, 0.15) is 0 Å². The van der Waals surface area contributed by atoms with Crippen LogP contribution in [0.15, 0.2) is 46.9 Å². The van der Waals surface area contributed by atoms with Crippen molar-refractivity contribution in [1.29, 1.82) is 0 Å². The second kappa shape index (κ2) is 5.28. The Labute approximate surface area is 122 Å². The second-order valence-electron chi connectivity index (χ2n) is 4.91. The maximum Gasteiger partial charge on any atom is 0.227 e. The van der Waals surface area contributed by atoms with Crippen molar-refractivity contribution in [2.24, 2.45) is 0 Å². The zero-order valence-electron chi connectivity index (χ0n) is 11.8. The summed E-state index contributed by atoms with van der Waals surface area (Å²) in [6.07, 6.45) is 0.641. The lowest BCUT2D eigenvalue weighted by atomic mass is 10.2. The number of benzene rings is 2. The standard InChI is InChI=1S/C16H15N3O2/c1-19(2)13-6-3-11(4-7-13)16-18-14-9-12(17-10-20)5-8-15(14)21-16/h3-10H,1-2H3,(H,17,20). The highest BCUT2D eigenvalue weighted by Gasteiger charge is 2.09. The molecule has 0 aliphatic carbocycles. The number of anilines is 2. The van der Waals surface area contributed by atoms with Crippen molar-refractivity contribution in [2.75, 3.05) is 24.3 Å². The van der Waals surface area contributed by atoms with Crippen LogP contribution in [0.2, 0.25) is 0 Å². The lowest BCUT2D eigenvalue weighted by molar-refractivity contribution is -0.105. The first kappa shape index (κ1) is 13.2. The molecule has 1 N–H and O–H groups in total. The summed E-state index contributed by atoms with van der Waals surface area (Å²) in [4.78, 5) is 17.0. The average Bonchev–Trinajstić information content (AvgIpc) is 2.91. The van der Waals surface area contributed by atoms with E-state index in [-0.39, 0.29) is 0 Å². The first-order chi connectivity index (χ1) is 10.2. The fourth-order valence-corrected chi connectivity index (χ4v) is 2.11. The predicted molar refractivity (Wildman–Crippen MR) is 83.5 cm³/mol. The molecule has 0 saturated heterocycles. The lowest BCUT2D eigenvalue weighted by Crippen LogP contribution is -2.07. The molecule has 2 aromatic carbocycles. The van der Waals surface area contributed by atoms with E-state index in [0.29, 0.717) is 29.1 Å². The van der Waals surface area contributed by atoms with Crippen LogP contribution in [0.25, 0.3) is 22.6 Å². The molecule has 1 aromatic heterocycles. The molecule has 0 aliphatic rings. The van der Waals surface area contributed by atoms with Gasteiger partial charge in [-0.15, -0.1) is 0 Å². The number of rotatable bonds is 4. The summed E-state index contributed by atoms with van der Waals surface area (Å²) in [5, 5.41) is 2.60. The van der Waals surface area contributed by atoms with E-state index in [1.54, 1.807) is 18.2 Å². The van der Waals surface area contributed by atoms with Gasteiger partial charge in [0.15, 0.2) is 5.58 Å². The van der Waals surface area contributed by atoms with Gasteiger partial charge in [-0.1, -0.05) is 0 Å². The third-order valence-electron chi connectivity index (χ3n) is 3.24. The molecule has 3 aromatic rings. The smallest absolute Gasteiger partial charge is 0.227 e. The Morgan fingerprint density at radius 3 is 2.57 bits per heavy atom. The summed E-state index contributed by atoms with van der Waals surface area (Å²) in [5.74, 6) is 0.568. The molecule has 3 rings (SSSR count). The van der Waals surface area contributed by atoms with Crippen LogP contribution in [-0.2, 0) is 4.79 Å². The van der Waals surface area contributed by atoms with Gasteiger partial charge in [0.25, 0.3) is 0 Å². The highest BCUT2D eigenvalue weighted by molar-refractivity contribution is 5.83. The van der Waals surface area contributed by atoms with E-state index in [1.165, 1.54) is 0 Å². The van der Waals surface area contributed by atoms with Crippen molar-refractivity contribution in [3.05, 3.63) is 42.5 Å². The van der Waals surface area contributed by atoms with Crippen molar-refractivity contribution < 1.29 is 9.21 Å². The van der Waals surface area contributed by atoms with Gasteiger partial charge in [0.2, 0.25) is 12.3 Å². The van der Waals surface area contributed by atoms with Crippen LogP contribution < -0.4 is 10.2 Å². The van der Waals surface area contributed by atoms with E-state index in [1.807, 2.05) is 43.3 Å². The van der Waals surface area contributed by atoms with Crippen LogP contribution in [0, 0.1) is 0 Å². The number of hydrogen-bond donors (Lipinski definition) is 1. The van der Waals surface area contributed by atoms with E-state index in [9.17, 15) is 4.79 Å². The monoisotopic (exact) mass is 281 g/mol. The fourth-order valence-electron chi connectivity index (χ4n) is 2.11. The Morgan fingerprint density at radius 1 is 1.14 bits per heavy atom. The van der Waals surface area contributed by atoms with Gasteiger partial charge in [0.1, 0.15) is 5.52 Å². The second-order valence-corrected chi connectivity index (χ2v) is 4.91. The molecule has 0 unspecified atom stereocenters. The fraction of sp³-hybridized carbons (Fsp3) is 0.125. The number of hydrogen-bond acceptors (Lipinski definition) is 4. The number of oxazole rings is 1. The topological polar surface area (TPSA) is 58.4 Å². The molecule has 0 atom stereocenters. The maximum atomic E-state index is 10.5. The van der Waals surface area contributed by atoms with Crippen molar-refractivity contribution in [2.45, 2.75) is 0 Å². The van der Waals surface area contributed by atoms with Crippen LogP contribution >= 0.6 is 0 Å². The van der Waals surface area contributed by atoms with Gasteiger partial charge in [0.05, 0.1) is 0 Å². The van der Waals surface area contributed by atoms with Crippen molar-refractivity contribution >= 4 is 28.9 Å². The van der Waals surface area contributed by atoms with Crippen molar-refractivity contribution in [1.82, 2.24) is 4.98 Å². The van der Waals surface area contributed by atoms with Gasteiger partial charge < -0.3 is 14.6 Å². The Morgan fingerprint density at radius 2 is 1.90 bits per heavy atom. The number of aromatic nitrogens is 1. The summed E-state index contributed by atoms with van der Waals surface area (Å²) in [7, 11) is 3.99. The molecule has 0 fully saturated rings. The molecule has 0 bridgehead atoms. The van der Waals surface area contributed by atoms with Gasteiger partial charge in [-0.3, -0.25) is 4.79 Å². The van der Waals surface area contributed by atoms with E-state index in [4.69, 9.17) is 4.42 Å². The molecule has 0 radical (unpaired) electrons. The van der Waals surface area contributed by atoms with Crippen LogP contribution in [-0.4, -0.2) is 25.5 Å². The zero-order chi connectivity index (χ0) is 14.8. The summed E-state index contributed by atoms with van der Waals surface area (Å²) >= 11 is 0. The van der Waals surface area contributed by atoms with Gasteiger partial charge in [-0.2, -0.15) is 0 Å². The highest BCUT2D eigenvalue weighted by atomic mass is 16.3. The highest BCUT2D eigenvalue weighted by Crippen LogP contribution is 2.27. The number of nitrogens with zero attached hydrogens (tertiary/aromatic N) is 2. The SMILES string of the molecule is CN(C)c1ccc(-c2nc3cc(NC=O)ccc3o2)cc1. The summed E-state index contributed by atoms with van der Waals surface area (Å²) in [6.45, 7) is 0.